The van der Waals surface area contributed by atoms with Gasteiger partial charge in [0.2, 0.25) is 0 Å². The molecule has 0 spiro atoms. The maximum Gasteiger partial charge on any atom is 0.0606 e. The maximum absolute atomic E-state index is 9.04. The van der Waals surface area contributed by atoms with Gasteiger partial charge < -0.3 is 15.3 Å². The minimum atomic E-state index is 0.134. The van der Waals surface area contributed by atoms with Crippen LogP contribution in [0.4, 0.5) is 5.69 Å². The van der Waals surface area contributed by atoms with Crippen LogP contribution in [0.15, 0.2) is 31.1 Å². The van der Waals surface area contributed by atoms with Crippen LogP contribution in [0.5, 0.6) is 0 Å². The van der Waals surface area contributed by atoms with Gasteiger partial charge in [-0.2, -0.15) is 0 Å². The highest BCUT2D eigenvalue weighted by atomic mass is 16.3. The van der Waals surface area contributed by atoms with E-state index in [9.17, 15) is 0 Å². The number of hydrogen-bond donors (Lipinski definition) is 2. The van der Waals surface area contributed by atoms with Gasteiger partial charge in [-0.25, -0.2) is 0 Å². The Morgan fingerprint density at radius 1 is 1.62 bits per heavy atom. The van der Waals surface area contributed by atoms with E-state index in [1.165, 1.54) is 0 Å². The van der Waals surface area contributed by atoms with E-state index in [2.05, 4.69) is 21.8 Å². The first-order valence-electron chi connectivity index (χ1n) is 5.37. The zero-order valence-corrected chi connectivity index (χ0v) is 9.69. The first-order valence-corrected chi connectivity index (χ1v) is 5.37. The fraction of sp³-hybridized carbons (Fsp3) is 0.417. The molecule has 88 valence electrons. The Hall–Kier alpha value is -1.39. The van der Waals surface area contributed by atoms with Gasteiger partial charge in [0.15, 0.2) is 0 Å². The molecule has 0 aromatic carbocycles. The smallest absolute Gasteiger partial charge is 0.0606 e. The van der Waals surface area contributed by atoms with Crippen LogP contribution in [0.3, 0.4) is 0 Å². The summed E-state index contributed by atoms with van der Waals surface area (Å²) in [5, 5.41) is 12.1. The summed E-state index contributed by atoms with van der Waals surface area (Å²) in [6.07, 6.45) is 5.44. The van der Waals surface area contributed by atoms with Gasteiger partial charge in [0.25, 0.3) is 0 Å². The lowest BCUT2D eigenvalue weighted by atomic mass is 10.2. The molecule has 4 heteroatoms. The molecule has 0 aliphatic rings. The highest BCUT2D eigenvalue weighted by Crippen LogP contribution is 2.18. The summed E-state index contributed by atoms with van der Waals surface area (Å²) < 4.78 is 0. The third-order valence-electron chi connectivity index (χ3n) is 2.31. The van der Waals surface area contributed by atoms with Crippen LogP contribution >= 0.6 is 0 Å². The monoisotopic (exact) mass is 221 g/mol. The summed E-state index contributed by atoms with van der Waals surface area (Å²) in [6.45, 7) is 5.96. The molecule has 1 aromatic heterocycles. The molecule has 4 nitrogen and oxygen atoms in total. The Labute approximate surface area is 96.6 Å². The molecule has 0 aliphatic carbocycles. The summed E-state index contributed by atoms with van der Waals surface area (Å²) in [7, 11) is 1.90. The summed E-state index contributed by atoms with van der Waals surface area (Å²) in [6, 6.07) is 1.96. The highest BCUT2D eigenvalue weighted by molar-refractivity contribution is 5.52. The van der Waals surface area contributed by atoms with Crippen LogP contribution in [0.1, 0.15) is 5.56 Å². The zero-order chi connectivity index (χ0) is 11.8. The van der Waals surface area contributed by atoms with Gasteiger partial charge in [-0.1, -0.05) is 6.08 Å². The number of nitrogens with one attached hydrogen (secondary N) is 1. The van der Waals surface area contributed by atoms with Crippen LogP contribution in [0.25, 0.3) is 0 Å². The van der Waals surface area contributed by atoms with Crippen LogP contribution in [-0.4, -0.2) is 36.8 Å². The number of pyridine rings is 1. The summed E-state index contributed by atoms with van der Waals surface area (Å²) >= 11 is 0. The molecule has 0 aliphatic heterocycles. The lowest BCUT2D eigenvalue weighted by Crippen LogP contribution is -2.28. The third kappa shape index (κ3) is 3.32. The van der Waals surface area contributed by atoms with Crippen molar-refractivity contribution in [3.8, 4) is 0 Å². The van der Waals surface area contributed by atoms with E-state index >= 15 is 0 Å². The topological polar surface area (TPSA) is 48.4 Å². The van der Waals surface area contributed by atoms with E-state index in [0.29, 0.717) is 6.54 Å². The lowest BCUT2D eigenvalue weighted by molar-refractivity contribution is 0.303. The molecule has 0 amide bonds. The second kappa shape index (κ2) is 6.98. The molecule has 0 fully saturated rings. The first-order chi connectivity index (χ1) is 7.83. The number of nitrogens with zero attached hydrogens (tertiary/aromatic N) is 2. The third-order valence-corrected chi connectivity index (χ3v) is 2.31. The van der Waals surface area contributed by atoms with Gasteiger partial charge in [-0.05, 0) is 13.1 Å². The predicted molar refractivity (Wildman–Crippen MR) is 66.5 cm³/mol. The van der Waals surface area contributed by atoms with Crippen molar-refractivity contribution < 1.29 is 5.11 Å². The van der Waals surface area contributed by atoms with Crippen LogP contribution in [0.2, 0.25) is 0 Å². The average Bonchev–Trinajstić information content (AvgIpc) is 2.30. The largest absolute Gasteiger partial charge is 0.395 e. The molecule has 0 unspecified atom stereocenters. The van der Waals surface area contributed by atoms with E-state index in [-0.39, 0.29) is 6.61 Å². The molecule has 0 bridgehead atoms. The number of aromatic nitrogens is 1. The van der Waals surface area contributed by atoms with Gasteiger partial charge in [0.1, 0.15) is 0 Å². The Kier molecular flexibility index (Phi) is 5.53. The van der Waals surface area contributed by atoms with Crippen molar-refractivity contribution in [2.75, 3.05) is 31.6 Å². The normalized spacial score (nSPS) is 10.1. The quantitative estimate of drug-likeness (QED) is 0.668. The lowest BCUT2D eigenvalue weighted by Gasteiger charge is -2.24. The Morgan fingerprint density at radius 3 is 3.06 bits per heavy atom. The molecule has 0 radical (unpaired) electrons. The van der Waals surface area contributed by atoms with Crippen LogP contribution in [0, 0.1) is 0 Å². The van der Waals surface area contributed by atoms with Crippen LogP contribution in [-0.2, 0) is 6.54 Å². The fourth-order valence-corrected chi connectivity index (χ4v) is 1.64. The zero-order valence-electron chi connectivity index (χ0n) is 9.69. The molecular weight excluding hydrogens is 202 g/mol. The average molecular weight is 221 g/mol. The maximum atomic E-state index is 9.04. The van der Waals surface area contributed by atoms with Gasteiger partial charge in [-0.3, -0.25) is 4.98 Å². The second-order valence-electron chi connectivity index (χ2n) is 3.49. The molecule has 2 N–H and O–H groups in total. The molecule has 1 aromatic rings. The summed E-state index contributed by atoms with van der Waals surface area (Å²) in [5.74, 6) is 0. The van der Waals surface area contributed by atoms with E-state index in [1.54, 1.807) is 6.20 Å². The van der Waals surface area contributed by atoms with Crippen molar-refractivity contribution >= 4 is 5.69 Å². The Bertz CT molecular complexity index is 328. The SMILES string of the molecule is C=CCN(CCO)c1ccncc1CNC. The summed E-state index contributed by atoms with van der Waals surface area (Å²) in [4.78, 5) is 6.20. The van der Waals surface area contributed by atoms with Crippen molar-refractivity contribution in [2.24, 2.45) is 0 Å². The van der Waals surface area contributed by atoms with E-state index in [0.717, 1.165) is 24.3 Å². The predicted octanol–water partition coefficient (Wildman–Crippen LogP) is 0.786. The van der Waals surface area contributed by atoms with Crippen LogP contribution < -0.4 is 10.2 Å². The van der Waals surface area contributed by atoms with Crippen molar-refractivity contribution in [3.05, 3.63) is 36.7 Å². The van der Waals surface area contributed by atoms with E-state index in [4.69, 9.17) is 5.11 Å². The number of hydrogen-bond acceptors (Lipinski definition) is 4. The number of rotatable bonds is 7. The van der Waals surface area contributed by atoms with Crippen molar-refractivity contribution in [2.45, 2.75) is 6.54 Å². The van der Waals surface area contributed by atoms with Gasteiger partial charge >= 0.3 is 0 Å². The van der Waals surface area contributed by atoms with Gasteiger partial charge in [0, 0.05) is 43.3 Å². The molecule has 0 atom stereocenters. The number of aliphatic hydroxyl groups is 1. The Balaban J connectivity index is 2.92. The van der Waals surface area contributed by atoms with Gasteiger partial charge in [-0.15, -0.1) is 6.58 Å². The Morgan fingerprint density at radius 2 is 2.44 bits per heavy atom. The minimum Gasteiger partial charge on any atom is -0.395 e. The molecule has 0 saturated carbocycles. The molecule has 0 saturated heterocycles. The standard InChI is InChI=1S/C12H19N3O/c1-3-6-15(7-8-16)12-4-5-14-10-11(12)9-13-2/h3-5,10,13,16H,1,6-9H2,2H3. The molecule has 16 heavy (non-hydrogen) atoms. The van der Waals surface area contributed by atoms with Gasteiger partial charge in [0.05, 0.1) is 6.61 Å². The van der Waals surface area contributed by atoms with E-state index in [1.807, 2.05) is 25.4 Å². The number of anilines is 1. The second-order valence-corrected chi connectivity index (χ2v) is 3.49. The minimum absolute atomic E-state index is 0.134. The van der Waals surface area contributed by atoms with Crippen molar-refractivity contribution in [1.29, 1.82) is 0 Å². The summed E-state index contributed by atoms with van der Waals surface area (Å²) in [5.41, 5.74) is 2.22. The fourth-order valence-electron chi connectivity index (χ4n) is 1.64. The molecular formula is C12H19N3O. The molecule has 1 heterocycles. The molecule has 1 rings (SSSR count). The first kappa shape index (κ1) is 12.7. The number of aliphatic hydroxyl groups excluding tert-OH is 1. The van der Waals surface area contributed by atoms with Crippen molar-refractivity contribution in [1.82, 2.24) is 10.3 Å². The van der Waals surface area contributed by atoms with Crippen molar-refractivity contribution in [3.63, 3.8) is 0 Å². The highest BCUT2D eigenvalue weighted by Gasteiger charge is 2.08. The van der Waals surface area contributed by atoms with E-state index < -0.39 is 0 Å².